The SMILES string of the molecule is NSSNc1ccccc1. The van der Waals surface area contributed by atoms with Crippen molar-refractivity contribution >= 4 is 27.6 Å². The third kappa shape index (κ3) is 2.51. The molecule has 0 spiro atoms. The smallest absolute Gasteiger partial charge is 0.0448 e. The average molecular weight is 172 g/mol. The first-order valence-corrected chi connectivity index (χ1v) is 4.98. The van der Waals surface area contributed by atoms with Gasteiger partial charge < -0.3 is 4.72 Å². The summed E-state index contributed by atoms with van der Waals surface area (Å²) in [5.41, 5.74) is 1.07. The van der Waals surface area contributed by atoms with E-state index < -0.39 is 0 Å². The van der Waals surface area contributed by atoms with Crippen LogP contribution >= 0.6 is 22.0 Å². The Hall–Kier alpha value is -0.320. The van der Waals surface area contributed by atoms with Gasteiger partial charge in [0.1, 0.15) is 0 Å². The molecule has 0 aromatic heterocycles. The van der Waals surface area contributed by atoms with Crippen molar-refractivity contribution in [2.24, 2.45) is 5.14 Å². The van der Waals surface area contributed by atoms with E-state index in [0.29, 0.717) is 0 Å². The van der Waals surface area contributed by atoms with Gasteiger partial charge >= 0.3 is 0 Å². The predicted molar refractivity (Wildman–Crippen MR) is 49.4 cm³/mol. The van der Waals surface area contributed by atoms with Crippen LogP contribution in [0.25, 0.3) is 0 Å². The van der Waals surface area contributed by atoms with Crippen LogP contribution in [0.5, 0.6) is 0 Å². The fraction of sp³-hybridized carbons (Fsp3) is 0. The Morgan fingerprint density at radius 2 is 1.90 bits per heavy atom. The number of nitrogens with two attached hydrogens (primary N) is 1. The van der Waals surface area contributed by atoms with Crippen LogP contribution in [0.4, 0.5) is 5.69 Å². The summed E-state index contributed by atoms with van der Waals surface area (Å²) in [6, 6.07) is 9.91. The Kier molecular flexibility index (Phi) is 3.49. The lowest BCUT2D eigenvalue weighted by Gasteiger charge is -1.99. The number of rotatable bonds is 3. The minimum atomic E-state index is 1.07. The maximum absolute atomic E-state index is 5.19. The first kappa shape index (κ1) is 7.78. The van der Waals surface area contributed by atoms with Gasteiger partial charge in [-0.2, -0.15) is 0 Å². The molecule has 54 valence electrons. The van der Waals surface area contributed by atoms with Crippen LogP contribution in [0, 0.1) is 0 Å². The maximum atomic E-state index is 5.19. The third-order valence-corrected chi connectivity index (χ3v) is 1.94. The maximum Gasteiger partial charge on any atom is 0.0448 e. The van der Waals surface area contributed by atoms with E-state index in [0.717, 1.165) is 5.69 Å². The van der Waals surface area contributed by atoms with Crippen molar-refractivity contribution in [3.63, 3.8) is 0 Å². The number of para-hydroxylation sites is 1. The Morgan fingerprint density at radius 3 is 2.50 bits per heavy atom. The van der Waals surface area contributed by atoms with E-state index in [9.17, 15) is 0 Å². The van der Waals surface area contributed by atoms with Gasteiger partial charge in [0.25, 0.3) is 0 Å². The summed E-state index contributed by atoms with van der Waals surface area (Å²) in [5, 5.41) is 5.19. The van der Waals surface area contributed by atoms with Gasteiger partial charge in [-0.25, -0.2) is 0 Å². The lowest BCUT2D eigenvalue weighted by Crippen LogP contribution is -1.83. The summed E-state index contributed by atoms with van der Waals surface area (Å²) < 4.78 is 3.05. The van der Waals surface area contributed by atoms with Gasteiger partial charge in [0.05, 0.1) is 0 Å². The second-order valence-corrected chi connectivity index (χ2v) is 3.29. The molecule has 0 bridgehead atoms. The van der Waals surface area contributed by atoms with E-state index in [1.165, 1.54) is 22.0 Å². The van der Waals surface area contributed by atoms with E-state index in [1.54, 1.807) is 0 Å². The average Bonchev–Trinajstić information content (AvgIpc) is 2.03. The fourth-order valence-corrected chi connectivity index (χ4v) is 1.29. The summed E-state index contributed by atoms with van der Waals surface area (Å²) in [5.74, 6) is 0. The Labute approximate surface area is 68.2 Å². The zero-order valence-corrected chi connectivity index (χ0v) is 6.91. The van der Waals surface area contributed by atoms with Gasteiger partial charge in [-0.3, -0.25) is 5.14 Å². The van der Waals surface area contributed by atoms with E-state index in [4.69, 9.17) is 5.14 Å². The lowest BCUT2D eigenvalue weighted by atomic mass is 10.3. The van der Waals surface area contributed by atoms with Crippen LogP contribution in [-0.4, -0.2) is 0 Å². The van der Waals surface area contributed by atoms with Crippen LogP contribution < -0.4 is 9.86 Å². The highest BCUT2D eigenvalue weighted by Crippen LogP contribution is 2.17. The molecule has 0 unspecified atom stereocenters. The normalized spacial score (nSPS) is 9.30. The Bertz CT molecular complexity index is 178. The molecule has 1 aromatic carbocycles. The van der Waals surface area contributed by atoms with Crippen molar-refractivity contribution in [3.8, 4) is 0 Å². The predicted octanol–water partition coefficient (Wildman–Crippen LogP) is 2.27. The molecule has 0 saturated heterocycles. The molecular formula is C6H8N2S2. The quantitative estimate of drug-likeness (QED) is 0.542. The minimum absolute atomic E-state index is 1.07. The molecule has 0 aliphatic heterocycles. The highest BCUT2D eigenvalue weighted by Gasteiger charge is 1.85. The van der Waals surface area contributed by atoms with Gasteiger partial charge in [-0.05, 0) is 12.1 Å². The molecule has 2 nitrogen and oxygen atoms in total. The van der Waals surface area contributed by atoms with Crippen LogP contribution in [-0.2, 0) is 0 Å². The monoisotopic (exact) mass is 172 g/mol. The van der Waals surface area contributed by atoms with E-state index in [1.807, 2.05) is 30.3 Å². The number of nitrogens with one attached hydrogen (secondary N) is 1. The summed E-state index contributed by atoms with van der Waals surface area (Å²) in [6.07, 6.45) is 0. The molecule has 0 atom stereocenters. The van der Waals surface area contributed by atoms with Gasteiger partial charge in [-0.15, -0.1) is 0 Å². The largest absolute Gasteiger partial charge is 0.320 e. The summed E-state index contributed by atoms with van der Waals surface area (Å²) in [4.78, 5) is 0. The summed E-state index contributed by atoms with van der Waals surface area (Å²) in [7, 11) is 2.61. The minimum Gasteiger partial charge on any atom is -0.320 e. The number of benzene rings is 1. The van der Waals surface area contributed by atoms with E-state index >= 15 is 0 Å². The van der Waals surface area contributed by atoms with Gasteiger partial charge in [0.15, 0.2) is 0 Å². The molecule has 0 saturated carbocycles. The molecule has 10 heavy (non-hydrogen) atoms. The third-order valence-electron chi connectivity index (χ3n) is 0.981. The zero-order chi connectivity index (χ0) is 7.23. The number of hydrogen-bond acceptors (Lipinski definition) is 4. The van der Waals surface area contributed by atoms with Crippen LogP contribution in [0.2, 0.25) is 0 Å². The molecule has 0 fully saturated rings. The zero-order valence-electron chi connectivity index (χ0n) is 5.28. The standard InChI is InChI=1S/C6H8N2S2/c7-9-10-8-6-4-2-1-3-5-6/h1-5,8H,7H2. The topological polar surface area (TPSA) is 38.0 Å². The molecule has 0 radical (unpaired) electrons. The molecule has 0 aliphatic carbocycles. The number of hydrogen-bond donors (Lipinski definition) is 2. The first-order valence-electron chi connectivity index (χ1n) is 2.77. The van der Waals surface area contributed by atoms with Gasteiger partial charge in [-0.1, -0.05) is 18.2 Å². The van der Waals surface area contributed by atoms with E-state index in [-0.39, 0.29) is 0 Å². The Balaban J connectivity index is 2.43. The Morgan fingerprint density at radius 1 is 1.20 bits per heavy atom. The first-order chi connectivity index (χ1) is 4.93. The highest BCUT2D eigenvalue weighted by molar-refractivity contribution is 8.76. The molecule has 1 rings (SSSR count). The molecule has 0 aliphatic rings. The van der Waals surface area contributed by atoms with Crippen molar-refractivity contribution in [1.29, 1.82) is 0 Å². The molecular weight excluding hydrogens is 164 g/mol. The second kappa shape index (κ2) is 4.49. The van der Waals surface area contributed by atoms with Crippen molar-refractivity contribution in [3.05, 3.63) is 30.3 Å². The van der Waals surface area contributed by atoms with Gasteiger partial charge in [0.2, 0.25) is 0 Å². The van der Waals surface area contributed by atoms with Crippen molar-refractivity contribution in [2.45, 2.75) is 0 Å². The molecule has 4 heteroatoms. The van der Waals surface area contributed by atoms with Crippen LogP contribution in [0.15, 0.2) is 30.3 Å². The van der Waals surface area contributed by atoms with Crippen molar-refractivity contribution < 1.29 is 0 Å². The van der Waals surface area contributed by atoms with Crippen molar-refractivity contribution in [2.75, 3.05) is 4.72 Å². The molecule has 0 amide bonds. The summed E-state index contributed by atoms with van der Waals surface area (Å²) in [6.45, 7) is 0. The molecule has 3 N–H and O–H groups in total. The van der Waals surface area contributed by atoms with E-state index in [2.05, 4.69) is 4.72 Å². The summed E-state index contributed by atoms with van der Waals surface area (Å²) >= 11 is 0. The molecule has 0 heterocycles. The van der Waals surface area contributed by atoms with Gasteiger partial charge in [0, 0.05) is 27.6 Å². The van der Waals surface area contributed by atoms with Crippen molar-refractivity contribution in [1.82, 2.24) is 0 Å². The highest BCUT2D eigenvalue weighted by atomic mass is 33.1. The lowest BCUT2D eigenvalue weighted by molar-refractivity contribution is 1.69. The second-order valence-electron chi connectivity index (χ2n) is 1.65. The van der Waals surface area contributed by atoms with Crippen LogP contribution in [0.3, 0.4) is 0 Å². The number of anilines is 1. The fourth-order valence-electron chi connectivity index (χ4n) is 0.578. The van der Waals surface area contributed by atoms with Crippen LogP contribution in [0.1, 0.15) is 0 Å². The molecule has 1 aromatic rings.